The minimum absolute atomic E-state index is 0.0219. The molecule has 142 valence electrons. The number of hydrogen-bond donors (Lipinski definition) is 1. The number of hydrogen-bond acceptors (Lipinski definition) is 6. The standard InChI is InChI=1S/C19H17FN6O2/c1-2-6-15-22-19(28-25-15)13-8-5-10-26-16(23-24-17(13)26)11-21-18(27)12-7-3-4-9-14(12)20/h3-5,7-10H,2,6,11H2,1H3,(H,21,27). The second-order valence-electron chi connectivity index (χ2n) is 6.16. The van der Waals surface area contributed by atoms with E-state index in [4.69, 9.17) is 4.52 Å². The monoisotopic (exact) mass is 380 g/mol. The molecular formula is C19H17FN6O2. The lowest BCUT2D eigenvalue weighted by molar-refractivity contribution is 0.0945. The summed E-state index contributed by atoms with van der Waals surface area (Å²) < 4.78 is 20.8. The van der Waals surface area contributed by atoms with E-state index < -0.39 is 11.7 Å². The minimum atomic E-state index is -0.576. The third kappa shape index (κ3) is 3.34. The van der Waals surface area contributed by atoms with Crippen LogP contribution < -0.4 is 5.32 Å². The first kappa shape index (κ1) is 17.8. The van der Waals surface area contributed by atoms with Crippen LogP contribution in [0.3, 0.4) is 0 Å². The smallest absolute Gasteiger partial charge is 0.261 e. The highest BCUT2D eigenvalue weighted by atomic mass is 19.1. The lowest BCUT2D eigenvalue weighted by Crippen LogP contribution is -2.24. The van der Waals surface area contributed by atoms with Crippen molar-refractivity contribution in [2.75, 3.05) is 0 Å². The molecule has 1 aromatic carbocycles. The summed E-state index contributed by atoms with van der Waals surface area (Å²) in [5.74, 6) is 0.398. The fourth-order valence-electron chi connectivity index (χ4n) is 2.84. The average molecular weight is 380 g/mol. The molecule has 4 aromatic rings. The van der Waals surface area contributed by atoms with Gasteiger partial charge in [-0.25, -0.2) is 4.39 Å². The molecule has 3 aromatic heterocycles. The Labute approximate surface area is 159 Å². The van der Waals surface area contributed by atoms with Crippen LogP contribution in [0, 0.1) is 5.82 Å². The highest BCUT2D eigenvalue weighted by Gasteiger charge is 2.17. The summed E-state index contributed by atoms with van der Waals surface area (Å²) >= 11 is 0. The van der Waals surface area contributed by atoms with Gasteiger partial charge in [-0.2, -0.15) is 4.98 Å². The van der Waals surface area contributed by atoms with Crippen molar-refractivity contribution >= 4 is 11.6 Å². The number of nitrogens with one attached hydrogen (secondary N) is 1. The molecule has 0 fully saturated rings. The van der Waals surface area contributed by atoms with Crippen LogP contribution >= 0.6 is 0 Å². The van der Waals surface area contributed by atoms with Crippen LogP contribution in [0.1, 0.15) is 35.4 Å². The topological polar surface area (TPSA) is 98.2 Å². The number of pyridine rings is 1. The number of carbonyl (C=O) groups is 1. The molecule has 4 rings (SSSR count). The van der Waals surface area contributed by atoms with E-state index in [1.54, 1.807) is 22.7 Å². The van der Waals surface area contributed by atoms with E-state index in [1.807, 2.05) is 13.0 Å². The third-order valence-corrected chi connectivity index (χ3v) is 4.20. The van der Waals surface area contributed by atoms with Gasteiger partial charge in [0.25, 0.3) is 11.8 Å². The molecule has 9 heteroatoms. The van der Waals surface area contributed by atoms with Crippen molar-refractivity contribution in [1.82, 2.24) is 30.1 Å². The summed E-state index contributed by atoms with van der Waals surface area (Å²) in [5, 5.41) is 14.9. The Hall–Kier alpha value is -3.62. The van der Waals surface area contributed by atoms with Gasteiger partial charge in [0.1, 0.15) is 5.82 Å². The van der Waals surface area contributed by atoms with Gasteiger partial charge in [0.15, 0.2) is 17.3 Å². The van der Waals surface area contributed by atoms with Gasteiger partial charge >= 0.3 is 0 Å². The van der Waals surface area contributed by atoms with Crippen LogP contribution in [0.25, 0.3) is 17.1 Å². The van der Waals surface area contributed by atoms with Gasteiger partial charge in [-0.3, -0.25) is 9.20 Å². The maximum Gasteiger partial charge on any atom is 0.261 e. The van der Waals surface area contributed by atoms with Gasteiger partial charge in [0.2, 0.25) is 0 Å². The van der Waals surface area contributed by atoms with E-state index in [9.17, 15) is 9.18 Å². The summed E-state index contributed by atoms with van der Waals surface area (Å²) in [7, 11) is 0. The quantitative estimate of drug-likeness (QED) is 0.552. The van der Waals surface area contributed by atoms with E-state index in [0.717, 1.165) is 12.8 Å². The van der Waals surface area contributed by atoms with Gasteiger partial charge in [-0.15, -0.1) is 10.2 Å². The molecule has 1 amide bonds. The molecule has 0 aliphatic rings. The third-order valence-electron chi connectivity index (χ3n) is 4.20. The van der Waals surface area contributed by atoms with Crippen LogP contribution in [-0.4, -0.2) is 30.6 Å². The fourth-order valence-corrected chi connectivity index (χ4v) is 2.84. The summed E-state index contributed by atoms with van der Waals surface area (Å²) in [5.41, 5.74) is 1.16. The number of benzene rings is 1. The molecule has 0 spiro atoms. The number of amides is 1. The first-order valence-corrected chi connectivity index (χ1v) is 8.85. The molecular weight excluding hydrogens is 363 g/mol. The predicted molar refractivity (Wildman–Crippen MR) is 97.8 cm³/mol. The van der Waals surface area contributed by atoms with E-state index in [-0.39, 0.29) is 12.1 Å². The highest BCUT2D eigenvalue weighted by Crippen LogP contribution is 2.22. The molecule has 0 atom stereocenters. The van der Waals surface area contributed by atoms with E-state index >= 15 is 0 Å². The van der Waals surface area contributed by atoms with E-state index in [1.165, 1.54) is 18.2 Å². The molecule has 0 saturated carbocycles. The molecule has 8 nitrogen and oxygen atoms in total. The molecule has 28 heavy (non-hydrogen) atoms. The van der Waals surface area contributed by atoms with Crippen molar-refractivity contribution < 1.29 is 13.7 Å². The number of aryl methyl sites for hydroxylation is 1. The zero-order valence-electron chi connectivity index (χ0n) is 15.1. The van der Waals surface area contributed by atoms with Crippen molar-refractivity contribution in [2.45, 2.75) is 26.3 Å². The summed E-state index contributed by atoms with van der Waals surface area (Å²) in [6, 6.07) is 9.42. The van der Waals surface area contributed by atoms with Gasteiger partial charge in [-0.1, -0.05) is 24.2 Å². The Bertz CT molecular complexity index is 1140. The molecule has 0 aliphatic carbocycles. The van der Waals surface area contributed by atoms with Gasteiger partial charge in [0.05, 0.1) is 17.7 Å². The summed E-state index contributed by atoms with van der Waals surface area (Å²) in [6.07, 6.45) is 3.42. The zero-order valence-corrected chi connectivity index (χ0v) is 15.1. The number of carbonyl (C=O) groups excluding carboxylic acids is 1. The number of aromatic nitrogens is 5. The number of fused-ring (bicyclic) bond motifs is 1. The number of nitrogens with zero attached hydrogens (tertiary/aromatic N) is 5. The molecule has 0 bridgehead atoms. The Balaban J connectivity index is 1.58. The van der Waals surface area contributed by atoms with Crippen LogP contribution in [0.5, 0.6) is 0 Å². The SMILES string of the molecule is CCCc1noc(-c2cccn3c(CNC(=O)c4ccccc4F)nnc23)n1. The lowest BCUT2D eigenvalue weighted by atomic mass is 10.2. The van der Waals surface area contributed by atoms with Crippen LogP contribution in [-0.2, 0) is 13.0 Å². The van der Waals surface area contributed by atoms with Gasteiger partial charge in [-0.05, 0) is 30.7 Å². The largest absolute Gasteiger partial charge is 0.345 e. The average Bonchev–Trinajstić information content (AvgIpc) is 3.34. The number of rotatable bonds is 6. The first-order valence-electron chi connectivity index (χ1n) is 8.85. The first-order chi connectivity index (χ1) is 13.7. The Morgan fingerprint density at radius 2 is 2.07 bits per heavy atom. The molecule has 3 heterocycles. The van der Waals surface area contributed by atoms with E-state index in [0.29, 0.717) is 28.8 Å². The van der Waals surface area contributed by atoms with Gasteiger partial charge < -0.3 is 9.84 Å². The van der Waals surface area contributed by atoms with Crippen molar-refractivity contribution in [3.63, 3.8) is 0 Å². The van der Waals surface area contributed by atoms with Gasteiger partial charge in [0, 0.05) is 12.6 Å². The Morgan fingerprint density at radius 3 is 2.89 bits per heavy atom. The summed E-state index contributed by atoms with van der Waals surface area (Å²) in [6.45, 7) is 2.12. The number of halogens is 1. The molecule has 0 unspecified atom stereocenters. The van der Waals surface area contributed by atoms with Crippen LogP contribution in [0.2, 0.25) is 0 Å². The summed E-state index contributed by atoms with van der Waals surface area (Å²) in [4.78, 5) is 16.6. The molecule has 0 aliphatic heterocycles. The zero-order chi connectivity index (χ0) is 19.5. The molecule has 0 saturated heterocycles. The molecule has 1 N–H and O–H groups in total. The second-order valence-corrected chi connectivity index (χ2v) is 6.16. The lowest BCUT2D eigenvalue weighted by Gasteiger charge is -2.05. The maximum absolute atomic E-state index is 13.7. The van der Waals surface area contributed by atoms with Crippen LogP contribution in [0.15, 0.2) is 47.1 Å². The molecule has 0 radical (unpaired) electrons. The normalized spacial score (nSPS) is 11.1. The van der Waals surface area contributed by atoms with Crippen LogP contribution in [0.4, 0.5) is 4.39 Å². The highest BCUT2D eigenvalue weighted by molar-refractivity contribution is 5.94. The Morgan fingerprint density at radius 1 is 1.21 bits per heavy atom. The predicted octanol–water partition coefficient (Wildman–Crippen LogP) is 2.80. The second kappa shape index (κ2) is 7.55. The van der Waals surface area contributed by atoms with Crippen molar-refractivity contribution in [1.29, 1.82) is 0 Å². The fraction of sp³-hybridized carbons (Fsp3) is 0.211. The van der Waals surface area contributed by atoms with Crippen molar-refractivity contribution in [3.05, 3.63) is 65.6 Å². The van der Waals surface area contributed by atoms with E-state index in [2.05, 4.69) is 25.7 Å². The Kier molecular flexibility index (Phi) is 4.79. The van der Waals surface area contributed by atoms with Crippen molar-refractivity contribution in [3.8, 4) is 11.5 Å². The minimum Gasteiger partial charge on any atom is -0.345 e. The van der Waals surface area contributed by atoms with Crippen molar-refractivity contribution in [2.24, 2.45) is 0 Å². The maximum atomic E-state index is 13.7.